The lowest BCUT2D eigenvalue weighted by Gasteiger charge is -2.09. The van der Waals surface area contributed by atoms with Crippen molar-refractivity contribution in [2.24, 2.45) is 0 Å². The summed E-state index contributed by atoms with van der Waals surface area (Å²) in [5, 5.41) is 11.5. The summed E-state index contributed by atoms with van der Waals surface area (Å²) in [6.45, 7) is 3.02. The van der Waals surface area contributed by atoms with Crippen LogP contribution in [0.15, 0.2) is 30.3 Å². The molecule has 0 saturated heterocycles. The van der Waals surface area contributed by atoms with Crippen molar-refractivity contribution in [1.29, 1.82) is 0 Å². The highest BCUT2D eigenvalue weighted by Crippen LogP contribution is 2.41. The molecule has 0 aliphatic rings. The Hall–Kier alpha value is -2.20. The summed E-state index contributed by atoms with van der Waals surface area (Å²) in [4.78, 5) is 0. The van der Waals surface area contributed by atoms with Gasteiger partial charge in [-0.3, -0.25) is 0 Å². The lowest BCUT2D eigenvalue weighted by molar-refractivity contribution is 0.282. The molecule has 2 aromatic carbocycles. The topological polar surface area (TPSA) is 43.6 Å². The molecule has 4 heteroatoms. The molecule has 4 nitrogen and oxygen atoms in total. The molecule has 0 aliphatic carbocycles. The number of hydrogen-bond donors (Lipinski definition) is 1. The number of methoxy groups -OCH3 is 2. The molecule has 3 aromatic rings. The summed E-state index contributed by atoms with van der Waals surface area (Å²) >= 11 is 0. The van der Waals surface area contributed by atoms with Gasteiger partial charge in [-0.2, -0.15) is 0 Å². The molecule has 0 aliphatic heterocycles. The van der Waals surface area contributed by atoms with Crippen molar-refractivity contribution in [2.45, 2.75) is 20.1 Å². The number of hydrogen-bond acceptors (Lipinski definition) is 3. The number of benzene rings is 2. The highest BCUT2D eigenvalue weighted by molar-refractivity contribution is 6.12. The van der Waals surface area contributed by atoms with Crippen molar-refractivity contribution in [1.82, 2.24) is 4.57 Å². The van der Waals surface area contributed by atoms with Crippen molar-refractivity contribution in [3.8, 4) is 11.5 Å². The molecule has 3 rings (SSSR count). The number of aliphatic hydroxyl groups excluding tert-OH is 1. The Bertz CT molecular complexity index is 805. The first-order chi connectivity index (χ1) is 10.2. The molecular formula is C17H19NO3. The normalized spacial score (nSPS) is 11.2. The lowest BCUT2D eigenvalue weighted by Crippen LogP contribution is -1.94. The van der Waals surface area contributed by atoms with E-state index in [2.05, 4.69) is 23.6 Å². The minimum absolute atomic E-state index is 0.0288. The number of ether oxygens (including phenoxy) is 2. The Labute approximate surface area is 123 Å². The smallest absolute Gasteiger partial charge is 0.170 e. The SMILES string of the molecule is CCn1c2ccc(CO)cc2c2c(OC)c(OC)ccc21. The molecule has 0 atom stereocenters. The number of aromatic nitrogens is 1. The Morgan fingerprint density at radius 1 is 1.05 bits per heavy atom. The molecule has 0 spiro atoms. The van der Waals surface area contributed by atoms with Gasteiger partial charge in [0, 0.05) is 17.4 Å². The fourth-order valence-electron chi connectivity index (χ4n) is 2.99. The van der Waals surface area contributed by atoms with Crippen LogP contribution in [0.5, 0.6) is 11.5 Å². The lowest BCUT2D eigenvalue weighted by atomic mass is 10.1. The predicted molar refractivity (Wildman–Crippen MR) is 84.1 cm³/mol. The van der Waals surface area contributed by atoms with E-state index in [1.54, 1.807) is 14.2 Å². The standard InChI is InChI=1S/C17H19NO3/c1-4-18-13-6-5-11(10-19)9-12(13)16-14(18)7-8-15(20-2)17(16)21-3/h5-9,19H,4,10H2,1-3H3. The number of aliphatic hydroxyl groups is 1. The third-order valence-electron chi connectivity index (χ3n) is 3.93. The van der Waals surface area contributed by atoms with Gasteiger partial charge in [0.25, 0.3) is 0 Å². The van der Waals surface area contributed by atoms with Crippen LogP contribution in [-0.4, -0.2) is 23.9 Å². The summed E-state index contributed by atoms with van der Waals surface area (Å²) in [7, 11) is 3.30. The second-order valence-corrected chi connectivity index (χ2v) is 4.95. The fraction of sp³-hybridized carbons (Fsp3) is 0.294. The van der Waals surface area contributed by atoms with E-state index in [0.29, 0.717) is 0 Å². The van der Waals surface area contributed by atoms with Gasteiger partial charge >= 0.3 is 0 Å². The zero-order valence-electron chi connectivity index (χ0n) is 12.5. The summed E-state index contributed by atoms with van der Waals surface area (Å²) in [6, 6.07) is 10.0. The van der Waals surface area contributed by atoms with Gasteiger partial charge in [-0.15, -0.1) is 0 Å². The van der Waals surface area contributed by atoms with Crippen LogP contribution in [0.4, 0.5) is 0 Å². The van der Waals surface area contributed by atoms with Gasteiger partial charge in [0.15, 0.2) is 11.5 Å². The van der Waals surface area contributed by atoms with E-state index in [-0.39, 0.29) is 6.61 Å². The van der Waals surface area contributed by atoms with Crippen molar-refractivity contribution in [3.63, 3.8) is 0 Å². The molecule has 0 fully saturated rings. The van der Waals surface area contributed by atoms with Crippen LogP contribution in [0.2, 0.25) is 0 Å². The third-order valence-corrected chi connectivity index (χ3v) is 3.93. The van der Waals surface area contributed by atoms with E-state index in [4.69, 9.17) is 9.47 Å². The fourth-order valence-corrected chi connectivity index (χ4v) is 2.99. The highest BCUT2D eigenvalue weighted by atomic mass is 16.5. The Morgan fingerprint density at radius 2 is 1.81 bits per heavy atom. The molecule has 1 aromatic heterocycles. The van der Waals surface area contributed by atoms with Crippen LogP contribution >= 0.6 is 0 Å². The molecule has 1 heterocycles. The maximum Gasteiger partial charge on any atom is 0.170 e. The average Bonchev–Trinajstić information content (AvgIpc) is 2.86. The Balaban J connectivity index is 2.52. The van der Waals surface area contributed by atoms with Gasteiger partial charge in [-0.1, -0.05) is 6.07 Å². The molecule has 0 bridgehead atoms. The maximum atomic E-state index is 9.40. The monoisotopic (exact) mass is 285 g/mol. The van der Waals surface area contributed by atoms with Crippen LogP contribution in [0.1, 0.15) is 12.5 Å². The zero-order valence-corrected chi connectivity index (χ0v) is 12.5. The van der Waals surface area contributed by atoms with Crippen LogP contribution in [0, 0.1) is 0 Å². The largest absolute Gasteiger partial charge is 0.493 e. The predicted octanol–water partition coefficient (Wildman–Crippen LogP) is 3.32. The Morgan fingerprint density at radius 3 is 2.43 bits per heavy atom. The summed E-state index contributed by atoms with van der Waals surface area (Å²) in [5.41, 5.74) is 3.14. The van der Waals surface area contributed by atoms with Crippen LogP contribution < -0.4 is 9.47 Å². The molecule has 21 heavy (non-hydrogen) atoms. The number of rotatable bonds is 4. The maximum absolute atomic E-state index is 9.40. The second kappa shape index (κ2) is 5.30. The molecule has 0 amide bonds. The minimum atomic E-state index is 0.0288. The van der Waals surface area contributed by atoms with Gasteiger partial charge in [0.1, 0.15) is 0 Å². The number of aryl methyl sites for hydroxylation is 1. The first-order valence-electron chi connectivity index (χ1n) is 7.01. The Kier molecular flexibility index (Phi) is 3.47. The van der Waals surface area contributed by atoms with Gasteiger partial charge in [0.05, 0.1) is 31.7 Å². The number of nitrogens with zero attached hydrogens (tertiary/aromatic N) is 1. The van der Waals surface area contributed by atoms with Crippen molar-refractivity contribution in [3.05, 3.63) is 35.9 Å². The van der Waals surface area contributed by atoms with Crippen LogP contribution in [0.3, 0.4) is 0 Å². The van der Waals surface area contributed by atoms with Gasteiger partial charge in [-0.05, 0) is 36.8 Å². The first kappa shape index (κ1) is 13.8. The van der Waals surface area contributed by atoms with Crippen LogP contribution in [-0.2, 0) is 13.2 Å². The zero-order chi connectivity index (χ0) is 15.0. The minimum Gasteiger partial charge on any atom is -0.493 e. The third kappa shape index (κ3) is 1.94. The molecular weight excluding hydrogens is 266 g/mol. The molecule has 110 valence electrons. The van der Waals surface area contributed by atoms with Crippen molar-refractivity contribution >= 4 is 21.8 Å². The summed E-state index contributed by atoms with van der Waals surface area (Å²) < 4.78 is 13.2. The van der Waals surface area contributed by atoms with Gasteiger partial charge in [-0.25, -0.2) is 0 Å². The molecule has 0 unspecified atom stereocenters. The number of fused-ring (bicyclic) bond motifs is 3. The van der Waals surface area contributed by atoms with E-state index in [1.807, 2.05) is 18.2 Å². The molecule has 0 radical (unpaired) electrons. The molecule has 1 N–H and O–H groups in total. The quantitative estimate of drug-likeness (QED) is 0.799. The summed E-state index contributed by atoms with van der Waals surface area (Å²) in [6.07, 6.45) is 0. The average molecular weight is 285 g/mol. The van der Waals surface area contributed by atoms with Gasteiger partial charge < -0.3 is 19.1 Å². The van der Waals surface area contributed by atoms with E-state index >= 15 is 0 Å². The van der Waals surface area contributed by atoms with E-state index in [1.165, 1.54) is 0 Å². The van der Waals surface area contributed by atoms with E-state index in [0.717, 1.165) is 45.4 Å². The second-order valence-electron chi connectivity index (χ2n) is 4.95. The summed E-state index contributed by atoms with van der Waals surface area (Å²) in [5.74, 6) is 1.46. The molecule has 0 saturated carbocycles. The van der Waals surface area contributed by atoms with Crippen LogP contribution in [0.25, 0.3) is 21.8 Å². The van der Waals surface area contributed by atoms with Crippen molar-refractivity contribution in [2.75, 3.05) is 14.2 Å². The first-order valence-corrected chi connectivity index (χ1v) is 7.01. The van der Waals surface area contributed by atoms with E-state index < -0.39 is 0 Å². The van der Waals surface area contributed by atoms with Crippen molar-refractivity contribution < 1.29 is 14.6 Å². The van der Waals surface area contributed by atoms with Gasteiger partial charge in [0.2, 0.25) is 0 Å². The van der Waals surface area contributed by atoms with E-state index in [9.17, 15) is 5.11 Å². The highest BCUT2D eigenvalue weighted by Gasteiger charge is 2.17.